The maximum absolute atomic E-state index is 13.9. The first-order valence-electron chi connectivity index (χ1n) is 13.6. The lowest BCUT2D eigenvalue weighted by molar-refractivity contribution is -0.141. The van der Waals surface area contributed by atoms with Crippen molar-refractivity contribution in [3.63, 3.8) is 0 Å². The van der Waals surface area contributed by atoms with Gasteiger partial charge in [0.15, 0.2) is 0 Å². The zero-order chi connectivity index (χ0) is 30.9. The Labute approximate surface area is 258 Å². The van der Waals surface area contributed by atoms with Crippen molar-refractivity contribution < 1.29 is 22.7 Å². The number of benzene rings is 3. The highest BCUT2D eigenvalue weighted by Gasteiger charge is 2.31. The molecule has 3 aromatic rings. The van der Waals surface area contributed by atoms with E-state index in [2.05, 4.69) is 5.32 Å². The average molecular weight is 635 g/mol. The van der Waals surface area contributed by atoms with Gasteiger partial charge in [-0.15, -0.1) is 0 Å². The Kier molecular flexibility index (Phi) is 12.1. The first-order chi connectivity index (χ1) is 19.9. The van der Waals surface area contributed by atoms with Crippen LogP contribution in [0.15, 0.2) is 72.8 Å². The first-order valence-corrected chi connectivity index (χ1v) is 16.2. The Hall–Kier alpha value is -3.27. The number of carbonyl (C=O) groups is 2. The molecule has 0 aliphatic heterocycles. The number of hydrogen-bond donors (Lipinski definition) is 1. The number of sulfonamides is 1. The summed E-state index contributed by atoms with van der Waals surface area (Å²) < 4.78 is 31.7. The van der Waals surface area contributed by atoms with Crippen LogP contribution in [0.2, 0.25) is 10.0 Å². The molecule has 0 aromatic heterocycles. The van der Waals surface area contributed by atoms with E-state index >= 15 is 0 Å². The van der Waals surface area contributed by atoms with E-state index in [0.29, 0.717) is 27.0 Å². The van der Waals surface area contributed by atoms with Gasteiger partial charge in [0.25, 0.3) is 0 Å². The lowest BCUT2D eigenvalue weighted by atomic mass is 10.0. The number of amides is 2. The van der Waals surface area contributed by atoms with Gasteiger partial charge in [0.1, 0.15) is 11.8 Å². The summed E-state index contributed by atoms with van der Waals surface area (Å²) in [6.07, 6.45) is 1.65. The van der Waals surface area contributed by atoms with Gasteiger partial charge in [0.2, 0.25) is 21.8 Å². The lowest BCUT2D eigenvalue weighted by Crippen LogP contribution is -2.51. The van der Waals surface area contributed by atoms with E-state index in [1.165, 1.54) is 16.3 Å². The van der Waals surface area contributed by atoms with Crippen molar-refractivity contribution in [2.24, 2.45) is 0 Å². The van der Waals surface area contributed by atoms with Crippen LogP contribution in [0.25, 0.3) is 0 Å². The van der Waals surface area contributed by atoms with Gasteiger partial charge in [0, 0.05) is 42.0 Å². The van der Waals surface area contributed by atoms with Crippen LogP contribution in [0.5, 0.6) is 5.75 Å². The molecular weight excluding hydrogens is 597 g/mol. The van der Waals surface area contributed by atoms with Crippen LogP contribution in [0, 0.1) is 0 Å². The predicted octanol–water partition coefficient (Wildman–Crippen LogP) is 5.71. The van der Waals surface area contributed by atoms with Crippen molar-refractivity contribution in [3.8, 4) is 5.75 Å². The van der Waals surface area contributed by atoms with Crippen LogP contribution >= 0.6 is 23.2 Å². The van der Waals surface area contributed by atoms with Gasteiger partial charge in [-0.05, 0) is 67.8 Å². The first kappa shape index (κ1) is 33.2. The van der Waals surface area contributed by atoms with Crippen molar-refractivity contribution in [2.45, 2.75) is 51.7 Å². The van der Waals surface area contributed by atoms with Gasteiger partial charge in [-0.1, -0.05) is 59.6 Å². The molecule has 2 amide bonds. The standard InChI is InChI=1S/C31H37Cl2N3O5S/c1-22(2)34-31(38)29(19-23-9-6-5-7-10-23)35(21-24-12-13-25(32)20-28(24)33)30(37)11-8-18-36(42(4,39)40)26-14-16-27(41-3)17-15-26/h5-7,9-10,12-17,20,22,29H,8,11,18-19,21H2,1-4H3,(H,34,38). The molecule has 0 fully saturated rings. The molecule has 42 heavy (non-hydrogen) atoms. The molecule has 0 spiro atoms. The van der Waals surface area contributed by atoms with E-state index in [9.17, 15) is 18.0 Å². The van der Waals surface area contributed by atoms with Crippen LogP contribution in [0.4, 0.5) is 5.69 Å². The number of anilines is 1. The molecule has 3 rings (SSSR count). The quantitative estimate of drug-likeness (QED) is 0.245. The number of nitrogens with one attached hydrogen (secondary N) is 1. The third-order valence-electron chi connectivity index (χ3n) is 6.57. The Balaban J connectivity index is 1.90. The Bertz CT molecular complexity index is 1450. The van der Waals surface area contributed by atoms with Gasteiger partial charge in [0.05, 0.1) is 19.1 Å². The highest BCUT2D eigenvalue weighted by atomic mass is 35.5. The van der Waals surface area contributed by atoms with Crippen molar-refractivity contribution in [3.05, 3.63) is 94.0 Å². The lowest BCUT2D eigenvalue weighted by Gasteiger charge is -2.32. The number of methoxy groups -OCH3 is 1. The molecule has 1 unspecified atom stereocenters. The molecule has 0 saturated heterocycles. The fourth-order valence-corrected chi connectivity index (χ4v) is 5.95. The molecule has 1 atom stereocenters. The third kappa shape index (κ3) is 9.64. The third-order valence-corrected chi connectivity index (χ3v) is 8.35. The fraction of sp³-hybridized carbons (Fsp3) is 0.355. The summed E-state index contributed by atoms with van der Waals surface area (Å²) >= 11 is 12.6. The SMILES string of the molecule is COc1ccc(N(CCCC(=O)N(Cc2ccc(Cl)cc2Cl)C(Cc2ccccc2)C(=O)NC(C)C)S(C)(=O)=O)cc1. The average Bonchev–Trinajstić information content (AvgIpc) is 2.93. The van der Waals surface area contributed by atoms with E-state index < -0.39 is 16.1 Å². The van der Waals surface area contributed by atoms with Gasteiger partial charge < -0.3 is 15.0 Å². The summed E-state index contributed by atoms with van der Waals surface area (Å²) in [5.74, 6) is 0.00957. The number of hydrogen-bond acceptors (Lipinski definition) is 5. The zero-order valence-corrected chi connectivity index (χ0v) is 26.5. The van der Waals surface area contributed by atoms with E-state index in [1.807, 2.05) is 44.2 Å². The smallest absolute Gasteiger partial charge is 0.243 e. The summed E-state index contributed by atoms with van der Waals surface area (Å²) in [7, 11) is -2.09. The van der Waals surface area contributed by atoms with E-state index in [0.717, 1.165) is 11.8 Å². The summed E-state index contributed by atoms with van der Waals surface area (Å²) in [5.41, 5.74) is 2.00. The van der Waals surface area contributed by atoms with Gasteiger partial charge >= 0.3 is 0 Å². The molecule has 0 saturated carbocycles. The van der Waals surface area contributed by atoms with Crippen LogP contribution < -0.4 is 14.4 Å². The summed E-state index contributed by atoms with van der Waals surface area (Å²) in [5, 5.41) is 3.79. The molecule has 0 aliphatic rings. The largest absolute Gasteiger partial charge is 0.497 e. The van der Waals surface area contributed by atoms with Crippen molar-refractivity contribution in [1.82, 2.24) is 10.2 Å². The second-order valence-corrected chi connectivity index (χ2v) is 13.0. The minimum absolute atomic E-state index is 0.00757. The number of rotatable bonds is 14. The minimum Gasteiger partial charge on any atom is -0.497 e. The number of nitrogens with zero attached hydrogens (tertiary/aromatic N) is 2. The zero-order valence-electron chi connectivity index (χ0n) is 24.2. The van der Waals surface area contributed by atoms with Gasteiger partial charge in [-0.25, -0.2) is 8.42 Å². The molecular formula is C31H37Cl2N3O5S. The van der Waals surface area contributed by atoms with Gasteiger partial charge in [-0.2, -0.15) is 0 Å². The highest BCUT2D eigenvalue weighted by molar-refractivity contribution is 7.92. The molecule has 226 valence electrons. The fourth-order valence-electron chi connectivity index (χ4n) is 4.52. The molecule has 8 nitrogen and oxygen atoms in total. The van der Waals surface area contributed by atoms with E-state index in [1.54, 1.807) is 42.5 Å². The highest BCUT2D eigenvalue weighted by Crippen LogP contribution is 2.26. The Morgan fingerprint density at radius 3 is 2.21 bits per heavy atom. The minimum atomic E-state index is -3.62. The molecule has 0 aliphatic carbocycles. The second kappa shape index (κ2) is 15.3. The second-order valence-electron chi connectivity index (χ2n) is 10.3. The van der Waals surface area contributed by atoms with Crippen LogP contribution in [0.1, 0.15) is 37.8 Å². The van der Waals surface area contributed by atoms with Crippen LogP contribution in [-0.2, 0) is 32.6 Å². The van der Waals surface area contributed by atoms with Crippen molar-refractivity contribution >= 4 is 50.7 Å². The predicted molar refractivity (Wildman–Crippen MR) is 169 cm³/mol. The summed E-state index contributed by atoms with van der Waals surface area (Å²) in [6, 6.07) is 20.2. The molecule has 1 N–H and O–H groups in total. The number of halogens is 2. The van der Waals surface area contributed by atoms with Crippen LogP contribution in [0.3, 0.4) is 0 Å². The molecule has 0 heterocycles. The maximum atomic E-state index is 13.9. The van der Waals surface area contributed by atoms with E-state index in [4.69, 9.17) is 27.9 Å². The summed E-state index contributed by atoms with van der Waals surface area (Å²) in [6.45, 7) is 3.87. The van der Waals surface area contributed by atoms with Crippen molar-refractivity contribution in [1.29, 1.82) is 0 Å². The van der Waals surface area contributed by atoms with E-state index in [-0.39, 0.29) is 50.2 Å². The molecule has 3 aromatic carbocycles. The Morgan fingerprint density at radius 1 is 0.976 bits per heavy atom. The Morgan fingerprint density at radius 2 is 1.64 bits per heavy atom. The van der Waals surface area contributed by atoms with Gasteiger partial charge in [-0.3, -0.25) is 13.9 Å². The maximum Gasteiger partial charge on any atom is 0.243 e. The topological polar surface area (TPSA) is 96.0 Å². The number of ether oxygens (including phenoxy) is 1. The normalized spacial score (nSPS) is 12.1. The monoisotopic (exact) mass is 633 g/mol. The van der Waals surface area contributed by atoms with Crippen molar-refractivity contribution in [2.75, 3.05) is 24.2 Å². The molecule has 0 radical (unpaired) electrons. The number of carbonyl (C=O) groups excluding carboxylic acids is 2. The molecule has 0 bridgehead atoms. The molecule has 11 heteroatoms. The van der Waals surface area contributed by atoms with Crippen LogP contribution in [-0.4, -0.2) is 57.1 Å². The summed E-state index contributed by atoms with van der Waals surface area (Å²) in [4.78, 5) is 28.9.